The highest BCUT2D eigenvalue weighted by Crippen LogP contribution is 2.31. The molecule has 0 saturated heterocycles. The van der Waals surface area contributed by atoms with Gasteiger partial charge in [-0.25, -0.2) is 0 Å². The Kier molecular flexibility index (Phi) is 3.25. The number of rotatable bonds is 2. The normalized spacial score (nSPS) is 19.1. The van der Waals surface area contributed by atoms with Gasteiger partial charge in [0, 0.05) is 11.9 Å². The average molecular weight is 268 g/mol. The fourth-order valence-electron chi connectivity index (χ4n) is 2.06. The van der Waals surface area contributed by atoms with Gasteiger partial charge in [-0.3, -0.25) is 9.98 Å². The number of aliphatic imine (C=N–C) groups is 1. The molecule has 3 rings (SSSR count). The lowest BCUT2D eigenvalue weighted by Gasteiger charge is -2.26. The van der Waals surface area contributed by atoms with Gasteiger partial charge < -0.3 is 15.8 Å². The van der Waals surface area contributed by atoms with Crippen LogP contribution in [0.4, 0.5) is 11.4 Å². The predicted octanol–water partition coefficient (Wildman–Crippen LogP) is 2.46. The van der Waals surface area contributed by atoms with Crippen LogP contribution in [0.2, 0.25) is 0 Å². The third kappa shape index (κ3) is 2.56. The van der Waals surface area contributed by atoms with Gasteiger partial charge in [-0.2, -0.15) is 0 Å². The van der Waals surface area contributed by atoms with Crippen molar-refractivity contribution in [3.8, 4) is 5.75 Å². The molecule has 0 saturated carbocycles. The minimum Gasteiger partial charge on any atom is -0.481 e. The third-order valence-corrected chi connectivity index (χ3v) is 3.09. The first-order chi connectivity index (χ1) is 9.72. The summed E-state index contributed by atoms with van der Waals surface area (Å²) in [6.45, 7) is 2.48. The van der Waals surface area contributed by atoms with E-state index in [1.54, 1.807) is 6.20 Å². The molecule has 1 aromatic carbocycles. The van der Waals surface area contributed by atoms with Crippen LogP contribution in [0.3, 0.4) is 0 Å². The number of fused-ring (bicyclic) bond motifs is 1. The highest BCUT2D eigenvalue weighted by atomic mass is 16.5. The van der Waals surface area contributed by atoms with Gasteiger partial charge >= 0.3 is 0 Å². The van der Waals surface area contributed by atoms with Gasteiger partial charge in [-0.15, -0.1) is 0 Å². The number of aromatic nitrogens is 1. The number of pyridine rings is 1. The molecule has 1 aliphatic heterocycles. The van der Waals surface area contributed by atoms with Crippen LogP contribution in [0, 0.1) is 0 Å². The number of nitrogens with one attached hydrogen (secondary N) is 1. The van der Waals surface area contributed by atoms with Gasteiger partial charge in [0.2, 0.25) is 0 Å². The van der Waals surface area contributed by atoms with Gasteiger partial charge in [0.05, 0.1) is 17.9 Å². The first-order valence-corrected chi connectivity index (χ1v) is 6.50. The molecule has 0 amide bonds. The Morgan fingerprint density at radius 1 is 1.35 bits per heavy atom. The zero-order chi connectivity index (χ0) is 13.9. The van der Waals surface area contributed by atoms with E-state index in [0.717, 1.165) is 23.0 Å². The molecule has 1 aromatic heterocycles. The minimum absolute atomic E-state index is 0.116. The monoisotopic (exact) mass is 268 g/mol. The number of ether oxygens (including phenoxy) is 1. The SMILES string of the molecule is CC1Oc2ccc(N)cc2NC1=NCc1ccccn1. The van der Waals surface area contributed by atoms with E-state index in [0.29, 0.717) is 12.2 Å². The molecular weight excluding hydrogens is 252 g/mol. The van der Waals surface area contributed by atoms with Crippen molar-refractivity contribution in [1.29, 1.82) is 0 Å². The number of nitrogens with two attached hydrogens (primary N) is 1. The Morgan fingerprint density at radius 2 is 2.25 bits per heavy atom. The first-order valence-electron chi connectivity index (χ1n) is 6.50. The summed E-state index contributed by atoms with van der Waals surface area (Å²) in [7, 11) is 0. The van der Waals surface area contributed by atoms with Crippen molar-refractivity contribution in [2.75, 3.05) is 11.1 Å². The third-order valence-electron chi connectivity index (χ3n) is 3.09. The van der Waals surface area contributed by atoms with Crippen molar-refractivity contribution in [3.05, 3.63) is 48.3 Å². The standard InChI is InChI=1S/C15H16N4O/c1-10-15(18-9-12-4-2-3-7-17-12)19-13-8-11(16)5-6-14(13)20-10/h2-8,10H,9,16H2,1H3,(H,18,19). The lowest BCUT2D eigenvalue weighted by molar-refractivity contribution is 0.282. The van der Waals surface area contributed by atoms with Crippen LogP contribution >= 0.6 is 0 Å². The molecule has 3 N–H and O–H groups in total. The lowest BCUT2D eigenvalue weighted by atomic mass is 10.2. The maximum Gasteiger partial charge on any atom is 0.153 e. The number of anilines is 2. The van der Waals surface area contributed by atoms with E-state index < -0.39 is 0 Å². The smallest absolute Gasteiger partial charge is 0.153 e. The second-order valence-electron chi connectivity index (χ2n) is 4.66. The Hall–Kier alpha value is -2.56. The molecule has 5 heteroatoms. The van der Waals surface area contributed by atoms with E-state index in [2.05, 4.69) is 15.3 Å². The van der Waals surface area contributed by atoms with E-state index >= 15 is 0 Å². The molecule has 0 aliphatic carbocycles. The van der Waals surface area contributed by atoms with Gasteiger partial charge in [-0.05, 0) is 37.3 Å². The van der Waals surface area contributed by atoms with Crippen LogP contribution in [0.25, 0.3) is 0 Å². The van der Waals surface area contributed by atoms with E-state index in [1.807, 2.05) is 43.3 Å². The van der Waals surface area contributed by atoms with Gasteiger partial charge in [0.15, 0.2) is 6.10 Å². The number of hydrogen-bond acceptors (Lipinski definition) is 4. The topological polar surface area (TPSA) is 72.5 Å². The van der Waals surface area contributed by atoms with Crippen molar-refractivity contribution < 1.29 is 4.74 Å². The van der Waals surface area contributed by atoms with Crippen LogP contribution in [0.5, 0.6) is 5.75 Å². The van der Waals surface area contributed by atoms with E-state index in [1.165, 1.54) is 0 Å². The van der Waals surface area contributed by atoms with Crippen LogP contribution in [-0.2, 0) is 6.54 Å². The molecule has 1 unspecified atom stereocenters. The number of nitrogen functional groups attached to an aromatic ring is 1. The number of nitrogens with zero attached hydrogens (tertiary/aromatic N) is 2. The number of benzene rings is 1. The van der Waals surface area contributed by atoms with Crippen LogP contribution in [0.1, 0.15) is 12.6 Å². The molecule has 0 radical (unpaired) electrons. The van der Waals surface area contributed by atoms with Gasteiger partial charge in [0.25, 0.3) is 0 Å². The second kappa shape index (κ2) is 5.21. The molecule has 102 valence electrons. The van der Waals surface area contributed by atoms with Crippen LogP contribution in [-0.4, -0.2) is 16.9 Å². The number of amidine groups is 1. The van der Waals surface area contributed by atoms with E-state index in [-0.39, 0.29) is 6.10 Å². The van der Waals surface area contributed by atoms with E-state index in [9.17, 15) is 0 Å². The zero-order valence-corrected chi connectivity index (χ0v) is 11.2. The predicted molar refractivity (Wildman–Crippen MR) is 79.9 cm³/mol. The summed E-state index contributed by atoms with van der Waals surface area (Å²) in [5, 5.41) is 3.28. The Morgan fingerprint density at radius 3 is 3.05 bits per heavy atom. The van der Waals surface area contributed by atoms with Crippen molar-refractivity contribution in [1.82, 2.24) is 4.98 Å². The summed E-state index contributed by atoms with van der Waals surface area (Å²) >= 11 is 0. The largest absolute Gasteiger partial charge is 0.481 e. The van der Waals surface area contributed by atoms with E-state index in [4.69, 9.17) is 10.5 Å². The molecule has 20 heavy (non-hydrogen) atoms. The Balaban J connectivity index is 1.81. The molecular formula is C15H16N4O. The minimum atomic E-state index is -0.116. The Bertz CT molecular complexity index is 640. The van der Waals surface area contributed by atoms with Crippen molar-refractivity contribution in [3.63, 3.8) is 0 Å². The summed E-state index contributed by atoms with van der Waals surface area (Å²) in [5.74, 6) is 1.58. The molecule has 5 nitrogen and oxygen atoms in total. The molecule has 0 bridgehead atoms. The van der Waals surface area contributed by atoms with Crippen molar-refractivity contribution >= 4 is 17.2 Å². The quantitative estimate of drug-likeness (QED) is 0.821. The lowest BCUT2D eigenvalue weighted by Crippen LogP contribution is -2.35. The second-order valence-corrected chi connectivity index (χ2v) is 4.66. The molecule has 1 atom stereocenters. The Labute approximate surface area is 117 Å². The average Bonchev–Trinajstić information content (AvgIpc) is 2.46. The highest BCUT2D eigenvalue weighted by Gasteiger charge is 2.21. The van der Waals surface area contributed by atoms with Gasteiger partial charge in [-0.1, -0.05) is 6.07 Å². The summed E-state index contributed by atoms with van der Waals surface area (Å²) in [6.07, 6.45) is 1.65. The van der Waals surface area contributed by atoms with Crippen molar-refractivity contribution in [2.45, 2.75) is 19.6 Å². The van der Waals surface area contributed by atoms with Gasteiger partial charge in [0.1, 0.15) is 11.6 Å². The fourth-order valence-corrected chi connectivity index (χ4v) is 2.06. The molecule has 2 heterocycles. The first kappa shape index (κ1) is 12.5. The molecule has 2 aromatic rings. The van der Waals surface area contributed by atoms with Crippen LogP contribution in [0.15, 0.2) is 47.6 Å². The molecule has 0 spiro atoms. The fraction of sp³-hybridized carbons (Fsp3) is 0.200. The summed E-state index contributed by atoms with van der Waals surface area (Å²) in [5.41, 5.74) is 8.25. The molecule has 1 aliphatic rings. The van der Waals surface area contributed by atoms with Crippen LogP contribution < -0.4 is 15.8 Å². The maximum atomic E-state index is 5.82. The molecule has 0 fully saturated rings. The highest BCUT2D eigenvalue weighted by molar-refractivity contribution is 6.01. The number of hydrogen-bond donors (Lipinski definition) is 2. The summed E-state index contributed by atoms with van der Waals surface area (Å²) in [4.78, 5) is 8.79. The maximum absolute atomic E-state index is 5.82. The summed E-state index contributed by atoms with van der Waals surface area (Å²) < 4.78 is 5.82. The zero-order valence-electron chi connectivity index (χ0n) is 11.2. The van der Waals surface area contributed by atoms with Crippen molar-refractivity contribution in [2.24, 2.45) is 4.99 Å². The summed E-state index contributed by atoms with van der Waals surface area (Å²) in [6, 6.07) is 11.3.